The fourth-order valence-electron chi connectivity index (χ4n) is 3.16. The second-order valence-corrected chi connectivity index (χ2v) is 5.49. The highest BCUT2D eigenvalue weighted by Crippen LogP contribution is 2.39. The summed E-state index contributed by atoms with van der Waals surface area (Å²) in [7, 11) is 3.40. The number of nitrogens with zero attached hydrogens (tertiary/aromatic N) is 1. The van der Waals surface area contributed by atoms with Crippen LogP contribution in [0.2, 0.25) is 0 Å². The van der Waals surface area contributed by atoms with E-state index in [2.05, 4.69) is 4.99 Å². The molecule has 0 spiro atoms. The third-order valence-corrected chi connectivity index (χ3v) is 4.29. The minimum absolute atomic E-state index is 0.101. The predicted molar refractivity (Wildman–Crippen MR) is 87.9 cm³/mol. The van der Waals surface area contributed by atoms with Crippen molar-refractivity contribution in [2.45, 2.75) is 18.3 Å². The normalized spacial score (nSPS) is 23.0. The lowest BCUT2D eigenvalue weighted by Gasteiger charge is -2.12. The monoisotopic (exact) mass is 293 g/mol. The molecule has 1 saturated carbocycles. The van der Waals surface area contributed by atoms with Crippen molar-refractivity contribution in [1.82, 2.24) is 0 Å². The molecule has 3 heteroatoms. The van der Waals surface area contributed by atoms with E-state index in [1.54, 1.807) is 14.2 Å². The van der Waals surface area contributed by atoms with Gasteiger partial charge in [0.1, 0.15) is 5.75 Å². The molecule has 0 heterocycles. The third kappa shape index (κ3) is 2.54. The van der Waals surface area contributed by atoms with Crippen LogP contribution in [0.25, 0.3) is 0 Å². The maximum Gasteiger partial charge on any atom is 0.153 e. The average molecular weight is 293 g/mol. The van der Waals surface area contributed by atoms with Crippen molar-refractivity contribution in [3.05, 3.63) is 65.7 Å². The van der Waals surface area contributed by atoms with Gasteiger partial charge in [-0.2, -0.15) is 0 Å². The number of hydrogen-bond donors (Lipinski definition) is 0. The summed E-state index contributed by atoms with van der Waals surface area (Å²) in [5.41, 5.74) is 2.98. The lowest BCUT2D eigenvalue weighted by Crippen LogP contribution is -2.14. The van der Waals surface area contributed by atoms with Crippen LogP contribution in [0.15, 0.2) is 59.6 Å². The molecule has 112 valence electrons. The topological polar surface area (TPSA) is 38.7 Å². The van der Waals surface area contributed by atoms with Gasteiger partial charge < -0.3 is 4.74 Å². The van der Waals surface area contributed by atoms with Gasteiger partial charge in [-0.15, -0.1) is 0 Å². The fraction of sp³-hybridized carbons (Fsp3) is 0.263. The molecular formula is C19H19NO2. The Kier molecular flexibility index (Phi) is 4.05. The molecule has 2 aromatic carbocycles. The first kappa shape index (κ1) is 14.5. The summed E-state index contributed by atoms with van der Waals surface area (Å²) in [6.07, 6.45) is 0.696. The first-order valence-corrected chi connectivity index (χ1v) is 7.42. The average Bonchev–Trinajstić information content (AvgIpc) is 2.92. The van der Waals surface area contributed by atoms with E-state index in [0.29, 0.717) is 6.42 Å². The van der Waals surface area contributed by atoms with Gasteiger partial charge in [0.15, 0.2) is 5.78 Å². The highest BCUT2D eigenvalue weighted by atomic mass is 16.5. The van der Waals surface area contributed by atoms with E-state index >= 15 is 0 Å². The van der Waals surface area contributed by atoms with E-state index in [1.807, 2.05) is 54.6 Å². The number of methoxy groups -OCH3 is 1. The van der Waals surface area contributed by atoms with Crippen LogP contribution in [-0.4, -0.2) is 25.7 Å². The lowest BCUT2D eigenvalue weighted by atomic mass is 9.91. The van der Waals surface area contributed by atoms with Gasteiger partial charge in [-0.3, -0.25) is 9.79 Å². The van der Waals surface area contributed by atoms with Crippen molar-refractivity contribution in [2.24, 2.45) is 4.99 Å². The largest absolute Gasteiger partial charge is 0.497 e. The summed E-state index contributed by atoms with van der Waals surface area (Å²) in [5.74, 6) is 0.630. The van der Waals surface area contributed by atoms with Crippen molar-refractivity contribution >= 4 is 11.5 Å². The van der Waals surface area contributed by atoms with E-state index in [9.17, 15) is 4.79 Å². The smallest absolute Gasteiger partial charge is 0.153 e. The fourth-order valence-corrected chi connectivity index (χ4v) is 3.16. The van der Waals surface area contributed by atoms with Crippen LogP contribution >= 0.6 is 0 Å². The first-order valence-electron chi connectivity index (χ1n) is 7.42. The second-order valence-electron chi connectivity index (χ2n) is 5.49. The van der Waals surface area contributed by atoms with Crippen LogP contribution in [0.5, 0.6) is 5.75 Å². The number of ketones is 1. The Bertz CT molecular complexity index is 706. The molecule has 1 fully saturated rings. The molecular weight excluding hydrogens is 274 g/mol. The summed E-state index contributed by atoms with van der Waals surface area (Å²) in [4.78, 5) is 17.3. The number of ether oxygens (including phenoxy) is 1. The minimum Gasteiger partial charge on any atom is -0.497 e. The zero-order valence-electron chi connectivity index (χ0n) is 12.8. The Morgan fingerprint density at radius 1 is 1.05 bits per heavy atom. The molecule has 2 atom stereocenters. The number of benzene rings is 2. The van der Waals surface area contributed by atoms with Crippen molar-refractivity contribution in [1.29, 1.82) is 0 Å². The molecule has 0 bridgehead atoms. The number of carbonyl (C=O) groups is 1. The summed E-state index contributed by atoms with van der Waals surface area (Å²) in [6.45, 7) is 0. The Balaban J connectivity index is 1.99. The van der Waals surface area contributed by atoms with Gasteiger partial charge in [0.05, 0.1) is 13.0 Å². The van der Waals surface area contributed by atoms with Crippen LogP contribution in [-0.2, 0) is 4.79 Å². The first-order chi connectivity index (χ1) is 10.7. The Labute approximate surface area is 130 Å². The molecule has 0 aliphatic heterocycles. The molecule has 3 nitrogen and oxygen atoms in total. The molecule has 0 aromatic heterocycles. The number of hydrogen-bond acceptors (Lipinski definition) is 3. The third-order valence-electron chi connectivity index (χ3n) is 4.29. The van der Waals surface area contributed by atoms with Crippen LogP contribution in [0.1, 0.15) is 29.4 Å². The Morgan fingerprint density at radius 3 is 2.45 bits per heavy atom. The minimum atomic E-state index is -0.259. The number of carbonyl (C=O) groups excluding carboxylic acids is 1. The zero-order valence-corrected chi connectivity index (χ0v) is 12.8. The maximum absolute atomic E-state index is 13.0. The van der Waals surface area contributed by atoms with E-state index in [-0.39, 0.29) is 17.6 Å². The predicted octanol–water partition coefficient (Wildman–Crippen LogP) is 3.61. The molecule has 0 amide bonds. The maximum atomic E-state index is 13.0. The molecule has 2 aromatic rings. The molecule has 1 aliphatic carbocycles. The highest BCUT2D eigenvalue weighted by molar-refractivity contribution is 6.18. The molecule has 22 heavy (non-hydrogen) atoms. The van der Waals surface area contributed by atoms with E-state index < -0.39 is 0 Å². The summed E-state index contributed by atoms with van der Waals surface area (Å²) < 4.78 is 5.28. The van der Waals surface area contributed by atoms with Crippen molar-refractivity contribution in [2.75, 3.05) is 14.2 Å². The Hall–Kier alpha value is -2.42. The number of Topliss-reactive ketones (excluding diaryl/α,β-unsaturated/α-hetero) is 1. The molecule has 0 radical (unpaired) electrons. The van der Waals surface area contributed by atoms with Crippen LogP contribution in [0.4, 0.5) is 0 Å². The Morgan fingerprint density at radius 2 is 1.77 bits per heavy atom. The van der Waals surface area contributed by atoms with E-state index in [0.717, 1.165) is 22.6 Å². The van der Waals surface area contributed by atoms with Crippen LogP contribution in [0, 0.1) is 0 Å². The quantitative estimate of drug-likeness (QED) is 0.867. The van der Waals surface area contributed by atoms with Gasteiger partial charge in [0.25, 0.3) is 0 Å². The van der Waals surface area contributed by atoms with Gasteiger partial charge in [0.2, 0.25) is 0 Å². The van der Waals surface area contributed by atoms with Crippen LogP contribution in [0.3, 0.4) is 0 Å². The number of rotatable bonds is 3. The molecule has 1 aliphatic rings. The summed E-state index contributed by atoms with van der Waals surface area (Å²) >= 11 is 0. The van der Waals surface area contributed by atoms with Gasteiger partial charge in [-0.05, 0) is 23.3 Å². The van der Waals surface area contributed by atoms with Crippen LogP contribution < -0.4 is 4.74 Å². The van der Waals surface area contributed by atoms with Gasteiger partial charge in [0, 0.05) is 25.1 Å². The van der Waals surface area contributed by atoms with Crippen molar-refractivity contribution in [3.63, 3.8) is 0 Å². The van der Waals surface area contributed by atoms with Gasteiger partial charge >= 0.3 is 0 Å². The summed E-state index contributed by atoms with van der Waals surface area (Å²) in [5, 5.41) is 0. The molecule has 3 rings (SSSR count). The molecule has 0 N–H and O–H groups in total. The van der Waals surface area contributed by atoms with Crippen molar-refractivity contribution < 1.29 is 9.53 Å². The standard InChI is InChI=1S/C19H19NO2/c1-20-17-12-16(13-7-4-3-5-8-13)19(21)18(17)14-9-6-10-15(11-14)22-2/h3-11,16,18H,12H2,1-2H3. The SMILES string of the molecule is CN=C1CC(c2ccccc2)C(=O)C1c1cccc(OC)c1. The highest BCUT2D eigenvalue weighted by Gasteiger charge is 2.40. The van der Waals surface area contributed by atoms with E-state index in [1.165, 1.54) is 0 Å². The van der Waals surface area contributed by atoms with Gasteiger partial charge in [-0.25, -0.2) is 0 Å². The molecule has 0 saturated heterocycles. The van der Waals surface area contributed by atoms with Crippen molar-refractivity contribution in [3.8, 4) is 5.75 Å². The zero-order chi connectivity index (χ0) is 15.5. The lowest BCUT2D eigenvalue weighted by molar-refractivity contribution is -0.119. The second kappa shape index (κ2) is 6.14. The summed E-state index contributed by atoms with van der Waals surface area (Å²) in [6, 6.07) is 17.7. The van der Waals surface area contributed by atoms with E-state index in [4.69, 9.17) is 4.74 Å². The number of aliphatic imine (C=N–C) groups is 1. The molecule has 2 unspecified atom stereocenters. The van der Waals surface area contributed by atoms with Gasteiger partial charge in [-0.1, -0.05) is 42.5 Å².